The first-order valence-electron chi connectivity index (χ1n) is 5.64. The minimum Gasteiger partial charge on any atom is -0.271 e. The number of nitrogens with two attached hydrogens (primary N) is 1. The van der Waals surface area contributed by atoms with Crippen molar-refractivity contribution in [2.45, 2.75) is 38.6 Å². The van der Waals surface area contributed by atoms with Gasteiger partial charge in [-0.05, 0) is 18.3 Å². The largest absolute Gasteiger partial charge is 0.271 e. The second-order valence-electron chi connectivity index (χ2n) is 4.52. The highest BCUT2D eigenvalue weighted by Crippen LogP contribution is 2.34. The smallest absolute Gasteiger partial charge is 0.0794 e. The Morgan fingerprint density at radius 3 is 3.07 bits per heavy atom. The zero-order valence-electron chi connectivity index (χ0n) is 9.15. The molecule has 4 heteroatoms. The first-order chi connectivity index (χ1) is 7.31. The molecule has 1 saturated carbocycles. The van der Waals surface area contributed by atoms with Gasteiger partial charge in [0.1, 0.15) is 0 Å². The summed E-state index contributed by atoms with van der Waals surface area (Å²) in [4.78, 5) is 5.44. The first kappa shape index (κ1) is 11.0. The molecule has 0 aromatic carbocycles. The molecule has 3 N–H and O–H groups in total. The van der Waals surface area contributed by atoms with Crippen LogP contribution in [0.1, 0.15) is 31.1 Å². The van der Waals surface area contributed by atoms with Crippen molar-refractivity contribution >= 4 is 11.3 Å². The van der Waals surface area contributed by atoms with Crippen LogP contribution in [0.3, 0.4) is 0 Å². The SMILES string of the molecule is CC1CCCC1C(Cc1cncs1)NN. The fourth-order valence-corrected chi connectivity index (χ4v) is 3.32. The van der Waals surface area contributed by atoms with E-state index in [0.717, 1.165) is 18.3 Å². The maximum Gasteiger partial charge on any atom is 0.0794 e. The maximum absolute atomic E-state index is 5.67. The highest BCUT2D eigenvalue weighted by Gasteiger charge is 2.30. The minimum absolute atomic E-state index is 0.419. The molecule has 1 aromatic heterocycles. The summed E-state index contributed by atoms with van der Waals surface area (Å²) in [6.07, 6.45) is 7.00. The van der Waals surface area contributed by atoms with Crippen molar-refractivity contribution in [2.75, 3.05) is 0 Å². The van der Waals surface area contributed by atoms with Crippen LogP contribution in [-0.4, -0.2) is 11.0 Å². The van der Waals surface area contributed by atoms with E-state index in [9.17, 15) is 0 Å². The lowest BCUT2D eigenvalue weighted by molar-refractivity contribution is 0.298. The molecule has 3 nitrogen and oxygen atoms in total. The monoisotopic (exact) mass is 225 g/mol. The highest BCUT2D eigenvalue weighted by molar-refractivity contribution is 7.09. The summed E-state index contributed by atoms with van der Waals surface area (Å²) in [6.45, 7) is 2.34. The molecule has 1 heterocycles. The van der Waals surface area contributed by atoms with Crippen molar-refractivity contribution in [3.63, 3.8) is 0 Å². The summed E-state index contributed by atoms with van der Waals surface area (Å²) in [5, 5.41) is 0. The third-order valence-electron chi connectivity index (χ3n) is 3.56. The Hall–Kier alpha value is -0.450. The molecular weight excluding hydrogens is 206 g/mol. The standard InChI is InChI=1S/C11H19N3S/c1-8-3-2-4-10(8)11(14-12)5-9-6-13-7-15-9/h6-8,10-11,14H,2-5,12H2,1H3. The molecule has 3 unspecified atom stereocenters. The molecule has 1 fully saturated rings. The Kier molecular flexibility index (Phi) is 3.72. The molecule has 0 bridgehead atoms. The Morgan fingerprint density at radius 1 is 1.67 bits per heavy atom. The maximum atomic E-state index is 5.67. The van der Waals surface area contributed by atoms with E-state index >= 15 is 0 Å². The third kappa shape index (κ3) is 2.56. The molecule has 0 aliphatic heterocycles. The lowest BCUT2D eigenvalue weighted by Crippen LogP contribution is -2.43. The molecule has 0 amide bonds. The fourth-order valence-electron chi connectivity index (χ4n) is 2.67. The van der Waals surface area contributed by atoms with E-state index in [1.807, 2.05) is 11.7 Å². The average molecular weight is 225 g/mol. The molecule has 1 aromatic rings. The van der Waals surface area contributed by atoms with Crippen molar-refractivity contribution < 1.29 is 0 Å². The van der Waals surface area contributed by atoms with Gasteiger partial charge in [-0.1, -0.05) is 19.8 Å². The van der Waals surface area contributed by atoms with Crippen LogP contribution in [0.15, 0.2) is 11.7 Å². The Bertz CT molecular complexity index is 286. The van der Waals surface area contributed by atoms with Crippen LogP contribution in [0.25, 0.3) is 0 Å². The lowest BCUT2D eigenvalue weighted by atomic mass is 9.88. The molecule has 3 atom stereocenters. The van der Waals surface area contributed by atoms with Gasteiger partial charge in [-0.15, -0.1) is 11.3 Å². The lowest BCUT2D eigenvalue weighted by Gasteiger charge is -2.25. The number of nitrogens with one attached hydrogen (secondary N) is 1. The summed E-state index contributed by atoms with van der Waals surface area (Å²) >= 11 is 1.72. The second kappa shape index (κ2) is 5.05. The topological polar surface area (TPSA) is 50.9 Å². The van der Waals surface area contributed by atoms with E-state index in [4.69, 9.17) is 5.84 Å². The number of thiazole rings is 1. The van der Waals surface area contributed by atoms with Gasteiger partial charge in [0.2, 0.25) is 0 Å². The van der Waals surface area contributed by atoms with Crippen LogP contribution < -0.4 is 11.3 Å². The number of hydrogen-bond acceptors (Lipinski definition) is 4. The zero-order valence-corrected chi connectivity index (χ0v) is 9.96. The van der Waals surface area contributed by atoms with Gasteiger partial charge in [-0.2, -0.15) is 0 Å². The molecule has 2 rings (SSSR count). The van der Waals surface area contributed by atoms with Crippen LogP contribution in [-0.2, 0) is 6.42 Å². The van der Waals surface area contributed by atoms with Gasteiger partial charge in [-0.3, -0.25) is 16.3 Å². The number of hydrazine groups is 1. The minimum atomic E-state index is 0.419. The summed E-state index contributed by atoms with van der Waals surface area (Å²) < 4.78 is 0. The van der Waals surface area contributed by atoms with Gasteiger partial charge in [0.15, 0.2) is 0 Å². The van der Waals surface area contributed by atoms with E-state index < -0.39 is 0 Å². The van der Waals surface area contributed by atoms with Gasteiger partial charge in [0, 0.05) is 23.5 Å². The summed E-state index contributed by atoms with van der Waals surface area (Å²) in [6, 6.07) is 0.419. The third-order valence-corrected chi connectivity index (χ3v) is 4.37. The van der Waals surface area contributed by atoms with Gasteiger partial charge in [0.25, 0.3) is 0 Å². The predicted molar refractivity (Wildman–Crippen MR) is 63.4 cm³/mol. The molecule has 0 spiro atoms. The number of rotatable bonds is 4. The molecule has 84 valence electrons. The number of aromatic nitrogens is 1. The molecular formula is C11H19N3S. The van der Waals surface area contributed by atoms with E-state index in [1.165, 1.54) is 24.1 Å². The summed E-state index contributed by atoms with van der Waals surface area (Å²) in [5.41, 5.74) is 4.88. The van der Waals surface area contributed by atoms with Crippen LogP contribution >= 0.6 is 11.3 Å². The van der Waals surface area contributed by atoms with Gasteiger partial charge < -0.3 is 0 Å². The Labute approximate surface area is 95.1 Å². The van der Waals surface area contributed by atoms with Crippen LogP contribution in [0.5, 0.6) is 0 Å². The average Bonchev–Trinajstić information content (AvgIpc) is 2.85. The van der Waals surface area contributed by atoms with Crippen molar-refractivity contribution in [1.82, 2.24) is 10.4 Å². The Balaban J connectivity index is 1.97. The van der Waals surface area contributed by atoms with Gasteiger partial charge >= 0.3 is 0 Å². The van der Waals surface area contributed by atoms with E-state index in [0.29, 0.717) is 6.04 Å². The first-order valence-corrected chi connectivity index (χ1v) is 6.52. The zero-order chi connectivity index (χ0) is 10.7. The van der Waals surface area contributed by atoms with Crippen LogP contribution in [0, 0.1) is 11.8 Å². The quantitative estimate of drug-likeness (QED) is 0.608. The van der Waals surface area contributed by atoms with Gasteiger partial charge in [-0.25, -0.2) is 0 Å². The van der Waals surface area contributed by atoms with Crippen molar-refractivity contribution in [3.8, 4) is 0 Å². The van der Waals surface area contributed by atoms with E-state index in [2.05, 4.69) is 17.3 Å². The van der Waals surface area contributed by atoms with E-state index in [-0.39, 0.29) is 0 Å². The number of nitrogens with zero attached hydrogens (tertiary/aromatic N) is 1. The van der Waals surface area contributed by atoms with Crippen LogP contribution in [0.2, 0.25) is 0 Å². The molecule has 15 heavy (non-hydrogen) atoms. The molecule has 1 aliphatic carbocycles. The predicted octanol–water partition coefficient (Wildman–Crippen LogP) is 1.95. The molecule has 1 aliphatic rings. The van der Waals surface area contributed by atoms with Crippen LogP contribution in [0.4, 0.5) is 0 Å². The normalized spacial score (nSPS) is 28.1. The highest BCUT2D eigenvalue weighted by atomic mass is 32.1. The van der Waals surface area contributed by atoms with Crippen molar-refractivity contribution in [3.05, 3.63) is 16.6 Å². The second-order valence-corrected chi connectivity index (χ2v) is 5.49. The summed E-state index contributed by atoms with van der Waals surface area (Å²) in [7, 11) is 0. The van der Waals surface area contributed by atoms with Crippen molar-refractivity contribution in [1.29, 1.82) is 0 Å². The number of hydrogen-bond donors (Lipinski definition) is 2. The summed E-state index contributed by atoms with van der Waals surface area (Å²) in [5.74, 6) is 7.20. The van der Waals surface area contributed by atoms with Gasteiger partial charge in [0.05, 0.1) is 5.51 Å². The van der Waals surface area contributed by atoms with E-state index in [1.54, 1.807) is 11.3 Å². The molecule has 0 radical (unpaired) electrons. The van der Waals surface area contributed by atoms with Crippen molar-refractivity contribution in [2.24, 2.45) is 17.7 Å². The molecule has 0 saturated heterocycles. The fraction of sp³-hybridized carbons (Fsp3) is 0.727. The Morgan fingerprint density at radius 2 is 2.53 bits per heavy atom.